The summed E-state index contributed by atoms with van der Waals surface area (Å²) in [5, 5.41) is 7.56. The zero-order valence-electron chi connectivity index (χ0n) is 17.8. The van der Waals surface area contributed by atoms with E-state index in [0.29, 0.717) is 10.7 Å². The molecule has 1 aliphatic rings. The number of aromatic nitrogens is 2. The van der Waals surface area contributed by atoms with Gasteiger partial charge in [-0.2, -0.15) is 5.10 Å². The molecule has 0 saturated carbocycles. The summed E-state index contributed by atoms with van der Waals surface area (Å²) in [6, 6.07) is 15.8. The van der Waals surface area contributed by atoms with Crippen molar-refractivity contribution >= 4 is 34.8 Å². The molecule has 1 atom stereocenters. The Kier molecular flexibility index (Phi) is 6.10. The Hall–Kier alpha value is -3.45. The fourth-order valence-electron chi connectivity index (χ4n) is 3.82. The Morgan fingerprint density at radius 3 is 2.72 bits per heavy atom. The first kappa shape index (κ1) is 21.8. The van der Waals surface area contributed by atoms with Crippen LogP contribution in [0.3, 0.4) is 0 Å². The number of halogens is 1. The lowest BCUT2D eigenvalue weighted by Gasteiger charge is -2.22. The predicted octanol–water partition coefficient (Wildman–Crippen LogP) is 3.83. The summed E-state index contributed by atoms with van der Waals surface area (Å²) in [6.45, 7) is 3.91. The maximum absolute atomic E-state index is 13.2. The van der Waals surface area contributed by atoms with Crippen LogP contribution in [0.5, 0.6) is 0 Å². The highest BCUT2D eigenvalue weighted by Gasteiger charge is 2.32. The topological polar surface area (TPSA) is 84.3 Å². The van der Waals surface area contributed by atoms with Crippen molar-refractivity contribution in [2.45, 2.75) is 39.3 Å². The smallest absolute Gasteiger partial charge is 0.278 e. The number of fused-ring (bicyclic) bond motifs is 1. The third kappa shape index (κ3) is 4.43. The van der Waals surface area contributed by atoms with E-state index < -0.39 is 0 Å². The van der Waals surface area contributed by atoms with Gasteiger partial charge in [0.2, 0.25) is 5.91 Å². The van der Waals surface area contributed by atoms with Gasteiger partial charge in [-0.1, -0.05) is 35.9 Å². The van der Waals surface area contributed by atoms with Crippen molar-refractivity contribution in [1.29, 1.82) is 0 Å². The second-order valence-corrected chi connectivity index (χ2v) is 8.31. The summed E-state index contributed by atoms with van der Waals surface area (Å²) in [5.74, 6) is -0.549. The molecule has 7 nitrogen and oxygen atoms in total. The quantitative estimate of drug-likeness (QED) is 0.640. The predicted molar refractivity (Wildman–Crippen MR) is 124 cm³/mol. The van der Waals surface area contributed by atoms with Crippen LogP contribution in [0.25, 0.3) is 0 Å². The average Bonchev–Trinajstić information content (AvgIpc) is 3.11. The molecule has 8 heteroatoms. The van der Waals surface area contributed by atoms with E-state index in [1.165, 1.54) is 12.1 Å². The van der Waals surface area contributed by atoms with Crippen LogP contribution >= 0.6 is 11.6 Å². The van der Waals surface area contributed by atoms with E-state index in [4.69, 9.17) is 11.6 Å². The van der Waals surface area contributed by atoms with Gasteiger partial charge in [-0.15, -0.1) is 0 Å². The zero-order chi connectivity index (χ0) is 22.8. The van der Waals surface area contributed by atoms with Gasteiger partial charge in [0.05, 0.1) is 6.54 Å². The molecule has 1 aromatic heterocycles. The summed E-state index contributed by atoms with van der Waals surface area (Å²) in [4.78, 5) is 39.5. The lowest BCUT2D eigenvalue weighted by molar-refractivity contribution is -0.116. The number of rotatable bonds is 5. The highest BCUT2D eigenvalue weighted by atomic mass is 35.5. The first-order valence-corrected chi connectivity index (χ1v) is 10.8. The summed E-state index contributed by atoms with van der Waals surface area (Å²) in [6.07, 6.45) is 0.795. The number of para-hydroxylation sites is 1. The summed E-state index contributed by atoms with van der Waals surface area (Å²) < 4.78 is 1.15. The van der Waals surface area contributed by atoms with Crippen LogP contribution in [0, 0.1) is 6.92 Å². The van der Waals surface area contributed by atoms with Crippen LogP contribution < -0.4 is 15.8 Å². The molecule has 1 N–H and O–H groups in total. The molecule has 164 valence electrons. The van der Waals surface area contributed by atoms with Crippen LogP contribution in [0.15, 0.2) is 59.4 Å². The molecule has 0 fully saturated rings. The zero-order valence-corrected chi connectivity index (χ0v) is 18.6. The second kappa shape index (κ2) is 8.96. The molecule has 3 aromatic rings. The Morgan fingerprint density at radius 1 is 1.16 bits per heavy atom. The van der Waals surface area contributed by atoms with Crippen molar-refractivity contribution in [3.63, 3.8) is 0 Å². The third-order valence-electron chi connectivity index (χ3n) is 5.52. The van der Waals surface area contributed by atoms with Crippen molar-refractivity contribution in [2.75, 3.05) is 10.2 Å². The highest BCUT2D eigenvalue weighted by Crippen LogP contribution is 2.32. The molecule has 0 bridgehead atoms. The molecule has 0 spiro atoms. The van der Waals surface area contributed by atoms with Crippen molar-refractivity contribution in [3.8, 4) is 0 Å². The number of nitrogens with one attached hydrogen (secondary N) is 1. The Balaban J connectivity index is 1.47. The van der Waals surface area contributed by atoms with Gasteiger partial charge in [-0.25, -0.2) is 4.68 Å². The average molecular weight is 451 g/mol. The van der Waals surface area contributed by atoms with Gasteiger partial charge >= 0.3 is 0 Å². The molecular weight excluding hydrogens is 428 g/mol. The highest BCUT2D eigenvalue weighted by molar-refractivity contribution is 6.31. The third-order valence-corrected chi connectivity index (χ3v) is 5.93. The molecular formula is C24H23ClN4O3. The Morgan fingerprint density at radius 2 is 1.94 bits per heavy atom. The number of benzene rings is 2. The standard InChI is InChI=1S/C24H23ClN4O3/c1-15-7-8-18(14-19(15)25)26-22(30)11-12-28-23(31)10-9-20(27-28)24(32)29-16(2)13-17-5-3-4-6-21(17)29/h3-10,14,16H,11-13H2,1-2H3,(H,26,30)/t16-/m0/s1. The SMILES string of the molecule is Cc1ccc(NC(=O)CCn2nc(C(=O)N3c4ccccc4C[C@@H]3C)ccc2=O)cc1Cl. The minimum atomic E-state index is -0.373. The molecule has 1 aliphatic heterocycles. The monoisotopic (exact) mass is 450 g/mol. The summed E-state index contributed by atoms with van der Waals surface area (Å²) >= 11 is 6.09. The van der Waals surface area contributed by atoms with Crippen LogP contribution in [0.1, 0.15) is 35.0 Å². The van der Waals surface area contributed by atoms with Gasteiger partial charge < -0.3 is 10.2 Å². The number of nitrogens with zero attached hydrogens (tertiary/aromatic N) is 3. The van der Waals surface area contributed by atoms with Crippen LogP contribution in [0.4, 0.5) is 11.4 Å². The first-order chi connectivity index (χ1) is 15.3. The molecule has 2 heterocycles. The largest absolute Gasteiger partial charge is 0.326 e. The molecule has 0 aliphatic carbocycles. The number of hydrogen-bond donors (Lipinski definition) is 1. The maximum atomic E-state index is 13.2. The first-order valence-electron chi connectivity index (χ1n) is 10.4. The van der Waals surface area contributed by atoms with E-state index in [9.17, 15) is 14.4 Å². The molecule has 0 radical (unpaired) electrons. The van der Waals surface area contributed by atoms with Crippen molar-refractivity contribution in [1.82, 2.24) is 9.78 Å². The van der Waals surface area contributed by atoms with Gasteiger partial charge in [-0.3, -0.25) is 14.4 Å². The normalized spacial score (nSPS) is 14.8. The fraction of sp³-hybridized carbons (Fsp3) is 0.250. The summed E-state index contributed by atoms with van der Waals surface area (Å²) in [7, 11) is 0. The van der Waals surface area contributed by atoms with Gasteiger partial charge in [0, 0.05) is 34.9 Å². The van der Waals surface area contributed by atoms with Crippen LogP contribution in [0.2, 0.25) is 5.02 Å². The molecule has 2 amide bonds. The lowest BCUT2D eigenvalue weighted by Crippen LogP contribution is -2.37. The van der Waals surface area contributed by atoms with E-state index in [1.54, 1.807) is 17.0 Å². The van der Waals surface area contributed by atoms with E-state index in [1.807, 2.05) is 44.2 Å². The van der Waals surface area contributed by atoms with Crippen molar-refractivity contribution < 1.29 is 9.59 Å². The van der Waals surface area contributed by atoms with Crippen LogP contribution in [-0.4, -0.2) is 27.6 Å². The number of carbonyl (C=O) groups is 2. The minimum Gasteiger partial charge on any atom is -0.326 e. The van der Waals surface area contributed by atoms with Crippen molar-refractivity contribution in [3.05, 3.63) is 86.8 Å². The number of anilines is 2. The van der Waals surface area contributed by atoms with Crippen LogP contribution in [-0.2, 0) is 17.8 Å². The Bertz CT molecular complexity index is 1250. The minimum absolute atomic E-state index is 0.00538. The molecule has 32 heavy (non-hydrogen) atoms. The van der Waals surface area contributed by atoms with Gasteiger partial charge in [-0.05, 0) is 55.7 Å². The second-order valence-electron chi connectivity index (χ2n) is 7.90. The van der Waals surface area contributed by atoms with E-state index in [2.05, 4.69) is 10.4 Å². The number of amides is 2. The molecule has 0 saturated heterocycles. The Labute approximate surface area is 190 Å². The number of aryl methyl sites for hydroxylation is 2. The lowest BCUT2D eigenvalue weighted by atomic mass is 10.1. The number of carbonyl (C=O) groups excluding carboxylic acids is 2. The van der Waals surface area contributed by atoms with E-state index in [0.717, 1.165) is 27.9 Å². The van der Waals surface area contributed by atoms with Gasteiger partial charge in [0.15, 0.2) is 0 Å². The molecule has 2 aromatic carbocycles. The van der Waals surface area contributed by atoms with Crippen molar-refractivity contribution in [2.24, 2.45) is 0 Å². The fourth-order valence-corrected chi connectivity index (χ4v) is 4.00. The van der Waals surface area contributed by atoms with E-state index in [-0.39, 0.29) is 42.1 Å². The number of hydrogen-bond acceptors (Lipinski definition) is 4. The van der Waals surface area contributed by atoms with Gasteiger partial charge in [0.1, 0.15) is 5.69 Å². The maximum Gasteiger partial charge on any atom is 0.278 e. The van der Waals surface area contributed by atoms with Gasteiger partial charge in [0.25, 0.3) is 11.5 Å². The van der Waals surface area contributed by atoms with E-state index >= 15 is 0 Å². The molecule has 4 rings (SSSR count). The summed E-state index contributed by atoms with van der Waals surface area (Å²) in [5.41, 5.74) is 3.25. The molecule has 0 unspecified atom stereocenters.